The summed E-state index contributed by atoms with van der Waals surface area (Å²) in [5.41, 5.74) is 1.49. The van der Waals surface area contributed by atoms with Gasteiger partial charge in [0.05, 0.1) is 11.4 Å². The van der Waals surface area contributed by atoms with E-state index in [1.165, 1.54) is 23.4 Å². The highest BCUT2D eigenvalue weighted by molar-refractivity contribution is 7.89. The number of aromatic nitrogens is 1. The topological polar surface area (TPSA) is 71.4 Å². The minimum absolute atomic E-state index is 0.181. The smallest absolute Gasteiger partial charge is 0.243 e. The molecule has 0 atom stereocenters. The number of rotatable bonds is 6. The van der Waals surface area contributed by atoms with Gasteiger partial charge in [-0.2, -0.15) is 4.31 Å². The molecular weight excluding hydrogens is 326 g/mol. The van der Waals surface area contributed by atoms with Gasteiger partial charge in [0.25, 0.3) is 0 Å². The molecule has 1 aromatic carbocycles. The van der Waals surface area contributed by atoms with Crippen molar-refractivity contribution in [1.29, 1.82) is 0 Å². The van der Waals surface area contributed by atoms with Crippen LogP contribution in [0.3, 0.4) is 0 Å². The molecule has 0 aliphatic heterocycles. The van der Waals surface area contributed by atoms with Gasteiger partial charge in [0.2, 0.25) is 15.9 Å². The monoisotopic (exact) mass is 349 g/mol. The van der Waals surface area contributed by atoms with Crippen molar-refractivity contribution in [3.8, 4) is 0 Å². The molecule has 0 spiro atoms. The van der Waals surface area contributed by atoms with Gasteiger partial charge in [0, 0.05) is 37.6 Å². The summed E-state index contributed by atoms with van der Waals surface area (Å²) in [5.74, 6) is -0.196. The van der Waals surface area contributed by atoms with E-state index in [4.69, 9.17) is 0 Å². The van der Waals surface area contributed by atoms with E-state index in [1.807, 2.05) is 43.8 Å². The van der Waals surface area contributed by atoms with Crippen LogP contribution in [0.25, 0.3) is 0 Å². The summed E-state index contributed by atoms with van der Waals surface area (Å²) in [6, 6.07) is 9.83. The standard InChI is InChI=1S/C17H23N3O3S/c1-13(2)20(12-16-6-5-11-19(16)4)24(22,23)17-9-7-15(8-10-17)18-14(3)21/h5-11,13H,12H2,1-4H3,(H,18,21). The molecule has 0 aliphatic rings. The Morgan fingerprint density at radius 2 is 1.83 bits per heavy atom. The van der Waals surface area contributed by atoms with Gasteiger partial charge in [0.15, 0.2) is 0 Å². The summed E-state index contributed by atoms with van der Waals surface area (Å²) in [7, 11) is -1.74. The van der Waals surface area contributed by atoms with Crippen LogP contribution >= 0.6 is 0 Å². The highest BCUT2D eigenvalue weighted by Gasteiger charge is 2.27. The Bertz CT molecular complexity index is 808. The van der Waals surface area contributed by atoms with Crippen LogP contribution in [0, 0.1) is 0 Å². The van der Waals surface area contributed by atoms with Gasteiger partial charge in [-0.3, -0.25) is 4.79 Å². The summed E-state index contributed by atoms with van der Waals surface area (Å²) in [5, 5.41) is 2.63. The fourth-order valence-corrected chi connectivity index (χ4v) is 4.02. The molecular formula is C17H23N3O3S. The Morgan fingerprint density at radius 3 is 2.29 bits per heavy atom. The Balaban J connectivity index is 2.31. The predicted octanol–water partition coefficient (Wildman–Crippen LogP) is 2.58. The van der Waals surface area contributed by atoms with Crippen molar-refractivity contribution >= 4 is 21.6 Å². The van der Waals surface area contributed by atoms with E-state index in [2.05, 4.69) is 5.32 Å². The third kappa shape index (κ3) is 4.04. The molecule has 2 rings (SSSR count). The molecule has 0 aliphatic carbocycles. The number of aryl methyl sites for hydroxylation is 1. The van der Waals surface area contributed by atoms with E-state index in [0.29, 0.717) is 12.2 Å². The van der Waals surface area contributed by atoms with Crippen molar-refractivity contribution < 1.29 is 13.2 Å². The maximum Gasteiger partial charge on any atom is 0.243 e. The quantitative estimate of drug-likeness (QED) is 0.871. The van der Waals surface area contributed by atoms with Crippen LogP contribution < -0.4 is 5.32 Å². The minimum atomic E-state index is -3.63. The van der Waals surface area contributed by atoms with Gasteiger partial charge >= 0.3 is 0 Å². The van der Waals surface area contributed by atoms with Crippen molar-refractivity contribution in [2.45, 2.75) is 38.3 Å². The summed E-state index contributed by atoms with van der Waals surface area (Å²) in [6.07, 6.45) is 1.89. The van der Waals surface area contributed by atoms with E-state index in [0.717, 1.165) is 5.69 Å². The first-order valence-corrected chi connectivity index (χ1v) is 9.15. The van der Waals surface area contributed by atoms with Gasteiger partial charge in [-0.25, -0.2) is 8.42 Å². The van der Waals surface area contributed by atoms with Gasteiger partial charge in [-0.15, -0.1) is 0 Å². The highest BCUT2D eigenvalue weighted by Crippen LogP contribution is 2.22. The molecule has 0 radical (unpaired) electrons. The van der Waals surface area contributed by atoms with Gasteiger partial charge in [-0.05, 0) is 50.2 Å². The average molecular weight is 349 g/mol. The molecule has 0 bridgehead atoms. The van der Waals surface area contributed by atoms with Crippen LogP contribution in [0.4, 0.5) is 5.69 Å². The number of anilines is 1. The molecule has 1 heterocycles. The van der Waals surface area contributed by atoms with Crippen LogP contribution in [0.1, 0.15) is 26.5 Å². The van der Waals surface area contributed by atoms with Gasteiger partial charge in [-0.1, -0.05) is 0 Å². The predicted molar refractivity (Wildman–Crippen MR) is 94.0 cm³/mol. The molecule has 0 unspecified atom stereocenters. The van der Waals surface area contributed by atoms with Crippen molar-refractivity contribution in [2.75, 3.05) is 5.32 Å². The Morgan fingerprint density at radius 1 is 1.21 bits per heavy atom. The number of hydrogen-bond acceptors (Lipinski definition) is 3. The lowest BCUT2D eigenvalue weighted by atomic mass is 10.3. The second kappa shape index (κ2) is 7.19. The normalized spacial score (nSPS) is 11.9. The Kier molecular flexibility index (Phi) is 5.46. The Labute approximate surface area is 143 Å². The van der Waals surface area contributed by atoms with E-state index in [9.17, 15) is 13.2 Å². The fourth-order valence-electron chi connectivity index (χ4n) is 2.41. The zero-order valence-corrected chi connectivity index (χ0v) is 15.2. The van der Waals surface area contributed by atoms with E-state index in [1.54, 1.807) is 12.1 Å². The lowest BCUT2D eigenvalue weighted by Gasteiger charge is -2.26. The molecule has 1 amide bonds. The highest BCUT2D eigenvalue weighted by atomic mass is 32.2. The van der Waals surface area contributed by atoms with Crippen LogP contribution in [0.2, 0.25) is 0 Å². The fraction of sp³-hybridized carbons (Fsp3) is 0.353. The van der Waals surface area contributed by atoms with Crippen molar-refractivity contribution in [3.63, 3.8) is 0 Å². The minimum Gasteiger partial charge on any atom is -0.353 e. The molecule has 0 saturated carbocycles. The lowest BCUT2D eigenvalue weighted by Crippen LogP contribution is -2.36. The summed E-state index contributed by atoms with van der Waals surface area (Å²) in [4.78, 5) is 11.3. The number of sulfonamides is 1. The maximum atomic E-state index is 13.0. The first-order chi connectivity index (χ1) is 11.2. The third-order valence-corrected chi connectivity index (χ3v) is 5.76. The summed E-state index contributed by atoms with van der Waals surface area (Å²) in [6.45, 7) is 5.42. The van der Waals surface area contributed by atoms with Gasteiger partial charge < -0.3 is 9.88 Å². The van der Waals surface area contributed by atoms with E-state index >= 15 is 0 Å². The van der Waals surface area contributed by atoms with Crippen LogP contribution in [-0.2, 0) is 28.4 Å². The third-order valence-electron chi connectivity index (χ3n) is 3.73. The summed E-state index contributed by atoms with van der Waals surface area (Å²) < 4.78 is 29.3. The van der Waals surface area contributed by atoms with Crippen molar-refractivity contribution in [1.82, 2.24) is 8.87 Å². The van der Waals surface area contributed by atoms with Crippen molar-refractivity contribution in [3.05, 3.63) is 48.3 Å². The van der Waals surface area contributed by atoms with Gasteiger partial charge in [0.1, 0.15) is 0 Å². The number of nitrogens with zero attached hydrogens (tertiary/aromatic N) is 2. The second-order valence-electron chi connectivity index (χ2n) is 5.96. The molecule has 1 aromatic heterocycles. The van der Waals surface area contributed by atoms with E-state index in [-0.39, 0.29) is 16.8 Å². The Hall–Kier alpha value is -2.12. The van der Waals surface area contributed by atoms with Crippen LogP contribution in [-0.4, -0.2) is 29.2 Å². The lowest BCUT2D eigenvalue weighted by molar-refractivity contribution is -0.114. The SMILES string of the molecule is CC(=O)Nc1ccc(S(=O)(=O)N(Cc2cccn2C)C(C)C)cc1. The first-order valence-electron chi connectivity index (χ1n) is 7.71. The number of carbonyl (C=O) groups is 1. The second-order valence-corrected chi connectivity index (χ2v) is 7.85. The average Bonchev–Trinajstić information content (AvgIpc) is 2.89. The molecule has 2 aromatic rings. The van der Waals surface area contributed by atoms with Crippen LogP contribution in [0.5, 0.6) is 0 Å². The van der Waals surface area contributed by atoms with Crippen LogP contribution in [0.15, 0.2) is 47.5 Å². The number of carbonyl (C=O) groups excluding carboxylic acids is 1. The molecule has 24 heavy (non-hydrogen) atoms. The molecule has 0 fully saturated rings. The molecule has 1 N–H and O–H groups in total. The van der Waals surface area contributed by atoms with E-state index < -0.39 is 10.0 Å². The number of amides is 1. The number of nitrogens with one attached hydrogen (secondary N) is 1. The number of hydrogen-bond donors (Lipinski definition) is 1. The van der Waals surface area contributed by atoms with Crippen molar-refractivity contribution in [2.24, 2.45) is 7.05 Å². The molecule has 7 heteroatoms. The largest absolute Gasteiger partial charge is 0.353 e. The zero-order chi connectivity index (χ0) is 17.9. The molecule has 6 nitrogen and oxygen atoms in total. The zero-order valence-electron chi connectivity index (χ0n) is 14.4. The first kappa shape index (κ1) is 18.2. The maximum absolute atomic E-state index is 13.0. The number of benzene rings is 1. The molecule has 130 valence electrons. The molecule has 0 saturated heterocycles. The summed E-state index contributed by atoms with van der Waals surface area (Å²) >= 11 is 0.